The van der Waals surface area contributed by atoms with Gasteiger partial charge in [0.25, 0.3) is 0 Å². The molecule has 0 N–H and O–H groups in total. The minimum absolute atomic E-state index is 0.123. The maximum Gasteiger partial charge on any atom is 0.235 e. The predicted octanol–water partition coefficient (Wildman–Crippen LogP) is 4.04. The maximum atomic E-state index is 10.2. The summed E-state index contributed by atoms with van der Waals surface area (Å²) in [6.45, 7) is 6.27. The van der Waals surface area contributed by atoms with Gasteiger partial charge in [-0.2, -0.15) is 4.99 Å². The molecule has 0 radical (unpaired) electrons. The third-order valence-electron chi connectivity index (χ3n) is 2.43. The Bertz CT molecular complexity index is 408. The summed E-state index contributed by atoms with van der Waals surface area (Å²) in [4.78, 5) is 13.9. The van der Waals surface area contributed by atoms with Crippen LogP contribution in [0.15, 0.2) is 27.7 Å². The van der Waals surface area contributed by atoms with Crippen LogP contribution in [-0.4, -0.2) is 6.08 Å². The predicted molar refractivity (Wildman–Crippen MR) is 69.2 cm³/mol. The van der Waals surface area contributed by atoms with Gasteiger partial charge in [0.2, 0.25) is 6.08 Å². The highest BCUT2D eigenvalue weighted by Crippen LogP contribution is 2.25. The molecule has 86 valence electrons. The zero-order valence-corrected chi connectivity index (χ0v) is 11.4. The molecule has 0 spiro atoms. The lowest BCUT2D eigenvalue weighted by molar-refractivity contribution is 0.559. The van der Waals surface area contributed by atoms with E-state index < -0.39 is 0 Å². The summed E-state index contributed by atoms with van der Waals surface area (Å²) in [7, 11) is 0. The average molecular weight is 282 g/mol. The van der Waals surface area contributed by atoms with Gasteiger partial charge in [0, 0.05) is 4.47 Å². The Balaban J connectivity index is 2.94. The highest BCUT2D eigenvalue weighted by atomic mass is 79.9. The van der Waals surface area contributed by atoms with Crippen LogP contribution in [0.1, 0.15) is 37.9 Å². The lowest BCUT2D eigenvalue weighted by Gasteiger charge is -2.11. The molecule has 16 heavy (non-hydrogen) atoms. The number of rotatable bonds is 4. The van der Waals surface area contributed by atoms with Crippen molar-refractivity contribution in [2.75, 3.05) is 0 Å². The number of carbonyl (C=O) groups excluding carboxylic acids is 1. The molecule has 0 saturated carbocycles. The monoisotopic (exact) mass is 281 g/mol. The van der Waals surface area contributed by atoms with E-state index in [1.165, 1.54) is 5.56 Å². The van der Waals surface area contributed by atoms with Gasteiger partial charge in [-0.15, -0.1) is 0 Å². The molecule has 2 nitrogen and oxygen atoms in total. The molecule has 0 aliphatic heterocycles. The molecule has 0 bridgehead atoms. The first-order valence-electron chi connectivity index (χ1n) is 5.40. The van der Waals surface area contributed by atoms with Crippen LogP contribution >= 0.6 is 15.9 Å². The molecule has 0 aliphatic carbocycles. The minimum atomic E-state index is -0.123. The molecule has 1 unspecified atom stereocenters. The van der Waals surface area contributed by atoms with E-state index in [4.69, 9.17) is 0 Å². The van der Waals surface area contributed by atoms with Crippen LogP contribution in [0.4, 0.5) is 0 Å². The van der Waals surface area contributed by atoms with Gasteiger partial charge in [0.15, 0.2) is 0 Å². The quantitative estimate of drug-likeness (QED) is 0.605. The molecule has 0 aliphatic rings. The van der Waals surface area contributed by atoms with E-state index in [0.717, 1.165) is 16.5 Å². The summed E-state index contributed by atoms with van der Waals surface area (Å²) >= 11 is 3.55. The zero-order valence-electron chi connectivity index (χ0n) is 9.83. The Morgan fingerprint density at radius 1 is 1.38 bits per heavy atom. The van der Waals surface area contributed by atoms with Crippen LogP contribution in [0.3, 0.4) is 0 Å². The fraction of sp³-hybridized carbons (Fsp3) is 0.462. The van der Waals surface area contributed by atoms with E-state index in [0.29, 0.717) is 5.92 Å². The van der Waals surface area contributed by atoms with E-state index >= 15 is 0 Å². The van der Waals surface area contributed by atoms with Crippen LogP contribution in [0.2, 0.25) is 0 Å². The molecular weight excluding hydrogens is 266 g/mol. The first kappa shape index (κ1) is 13.1. The lowest BCUT2D eigenvalue weighted by atomic mass is 10.00. The Kier molecular flexibility index (Phi) is 4.91. The van der Waals surface area contributed by atoms with Crippen LogP contribution in [0, 0.1) is 5.92 Å². The third kappa shape index (κ3) is 3.58. The third-order valence-corrected chi connectivity index (χ3v) is 3.17. The average Bonchev–Trinajstić information content (AvgIpc) is 2.20. The van der Waals surface area contributed by atoms with E-state index in [-0.39, 0.29) is 6.04 Å². The Hall–Kier alpha value is -0.920. The van der Waals surface area contributed by atoms with E-state index in [2.05, 4.69) is 40.8 Å². The molecule has 0 fully saturated rings. The number of halogens is 1. The van der Waals surface area contributed by atoms with Crippen molar-refractivity contribution in [2.45, 2.75) is 33.2 Å². The molecule has 1 aromatic rings. The van der Waals surface area contributed by atoms with Crippen LogP contribution in [0.25, 0.3) is 0 Å². The molecular formula is C13H16BrNO. The number of benzene rings is 1. The number of hydrogen-bond donors (Lipinski definition) is 0. The number of nitrogens with zero attached hydrogens (tertiary/aromatic N) is 1. The van der Waals surface area contributed by atoms with Crippen LogP contribution in [0.5, 0.6) is 0 Å². The summed E-state index contributed by atoms with van der Waals surface area (Å²) in [5.41, 5.74) is 2.32. The van der Waals surface area contributed by atoms with Gasteiger partial charge in [-0.05, 0) is 36.5 Å². The highest BCUT2D eigenvalue weighted by molar-refractivity contribution is 9.10. The standard InChI is InChI=1S/C13H16BrNO/c1-9(2)6-12-5-4-11(7-13(12)14)10(3)15-8-16/h4-5,7,9-10H,6H2,1-3H3. The molecule has 1 atom stereocenters. The Morgan fingerprint density at radius 3 is 2.56 bits per heavy atom. The second-order valence-electron chi connectivity index (χ2n) is 4.35. The van der Waals surface area contributed by atoms with Crippen molar-refractivity contribution in [3.05, 3.63) is 33.8 Å². The largest absolute Gasteiger partial charge is 0.235 e. The smallest absolute Gasteiger partial charge is 0.211 e. The van der Waals surface area contributed by atoms with Crippen molar-refractivity contribution in [1.29, 1.82) is 0 Å². The van der Waals surface area contributed by atoms with Gasteiger partial charge in [0.1, 0.15) is 0 Å². The second kappa shape index (κ2) is 5.97. The van der Waals surface area contributed by atoms with E-state index in [9.17, 15) is 4.79 Å². The summed E-state index contributed by atoms with van der Waals surface area (Å²) in [6.07, 6.45) is 2.64. The van der Waals surface area contributed by atoms with Gasteiger partial charge in [-0.25, -0.2) is 4.79 Å². The number of isocyanates is 1. The van der Waals surface area contributed by atoms with Crippen molar-refractivity contribution in [3.8, 4) is 0 Å². The molecule has 3 heteroatoms. The summed E-state index contributed by atoms with van der Waals surface area (Å²) < 4.78 is 1.09. The van der Waals surface area contributed by atoms with E-state index in [1.807, 2.05) is 19.1 Å². The highest BCUT2D eigenvalue weighted by Gasteiger charge is 2.07. The Labute approximate surface area is 105 Å². The first-order chi connectivity index (χ1) is 7.54. The van der Waals surface area contributed by atoms with Gasteiger partial charge >= 0.3 is 0 Å². The van der Waals surface area contributed by atoms with Crippen molar-refractivity contribution in [1.82, 2.24) is 0 Å². The maximum absolute atomic E-state index is 10.2. The molecule has 0 amide bonds. The summed E-state index contributed by atoms with van der Waals surface area (Å²) in [5.74, 6) is 0.632. The SMILES string of the molecule is CC(C)Cc1ccc(C(C)N=C=O)cc1Br. The fourth-order valence-corrected chi connectivity index (χ4v) is 2.14. The van der Waals surface area contributed by atoms with Gasteiger partial charge in [-0.1, -0.05) is 41.9 Å². The summed E-state index contributed by atoms with van der Waals surface area (Å²) in [5, 5.41) is 0. The van der Waals surface area contributed by atoms with Gasteiger partial charge in [0.05, 0.1) is 6.04 Å². The molecule has 1 rings (SSSR count). The Morgan fingerprint density at radius 2 is 2.06 bits per heavy atom. The molecule has 0 saturated heterocycles. The summed E-state index contributed by atoms with van der Waals surface area (Å²) in [6, 6.07) is 6.02. The van der Waals surface area contributed by atoms with Crippen molar-refractivity contribution >= 4 is 22.0 Å². The van der Waals surface area contributed by atoms with Crippen LogP contribution in [-0.2, 0) is 11.2 Å². The second-order valence-corrected chi connectivity index (χ2v) is 5.20. The zero-order chi connectivity index (χ0) is 12.1. The van der Waals surface area contributed by atoms with Crippen molar-refractivity contribution < 1.29 is 4.79 Å². The number of aliphatic imine (C=N–C) groups is 1. The minimum Gasteiger partial charge on any atom is -0.211 e. The molecule has 0 heterocycles. The van der Waals surface area contributed by atoms with Crippen molar-refractivity contribution in [3.63, 3.8) is 0 Å². The van der Waals surface area contributed by atoms with Gasteiger partial charge < -0.3 is 0 Å². The van der Waals surface area contributed by atoms with Gasteiger partial charge in [-0.3, -0.25) is 0 Å². The first-order valence-corrected chi connectivity index (χ1v) is 6.19. The molecule has 1 aromatic carbocycles. The molecule has 0 aromatic heterocycles. The van der Waals surface area contributed by atoms with E-state index in [1.54, 1.807) is 6.08 Å². The van der Waals surface area contributed by atoms with Crippen LogP contribution < -0.4 is 0 Å². The number of hydrogen-bond acceptors (Lipinski definition) is 2. The fourth-order valence-electron chi connectivity index (χ4n) is 1.58. The normalized spacial score (nSPS) is 12.3. The lowest BCUT2D eigenvalue weighted by Crippen LogP contribution is -1.97. The van der Waals surface area contributed by atoms with Crippen molar-refractivity contribution in [2.24, 2.45) is 10.9 Å². The topological polar surface area (TPSA) is 29.4 Å².